The number of rotatable bonds is 0. The molecule has 0 atom stereocenters. The van der Waals surface area contributed by atoms with Crippen molar-refractivity contribution in [2.75, 3.05) is 0 Å². The van der Waals surface area contributed by atoms with E-state index in [1.807, 2.05) is 0 Å². The van der Waals surface area contributed by atoms with Crippen LogP contribution in [0.15, 0.2) is 30.3 Å². The van der Waals surface area contributed by atoms with Crippen LogP contribution in [0.25, 0.3) is 21.8 Å². The highest BCUT2D eigenvalue weighted by atomic mass is 14.7. The lowest BCUT2D eigenvalue weighted by Gasteiger charge is -2.01. The SMILES string of the molecule is Cc1ccc(C)c2c1[nH]c1cccc(C)c12. The summed E-state index contributed by atoms with van der Waals surface area (Å²) in [6.07, 6.45) is 0. The average molecular weight is 209 g/mol. The molecule has 0 unspecified atom stereocenters. The highest BCUT2D eigenvalue weighted by Crippen LogP contribution is 2.32. The molecule has 1 N–H and O–H groups in total. The summed E-state index contributed by atoms with van der Waals surface area (Å²) in [6, 6.07) is 10.8. The minimum absolute atomic E-state index is 1.24. The first-order chi connectivity index (χ1) is 7.68. The van der Waals surface area contributed by atoms with Crippen LogP contribution in [0.5, 0.6) is 0 Å². The molecule has 0 saturated heterocycles. The maximum absolute atomic E-state index is 3.53. The van der Waals surface area contributed by atoms with E-state index in [4.69, 9.17) is 0 Å². The fourth-order valence-electron chi connectivity index (χ4n) is 2.53. The molecule has 16 heavy (non-hydrogen) atoms. The highest BCUT2D eigenvalue weighted by Gasteiger charge is 2.09. The number of H-pyrrole nitrogens is 1. The third kappa shape index (κ3) is 1.12. The molecule has 0 aliphatic rings. The molecule has 1 aromatic heterocycles. The molecular weight excluding hydrogens is 194 g/mol. The number of nitrogens with one attached hydrogen (secondary N) is 1. The Hall–Kier alpha value is -1.76. The normalized spacial score (nSPS) is 11.4. The van der Waals surface area contributed by atoms with E-state index in [2.05, 4.69) is 56.1 Å². The number of benzene rings is 2. The van der Waals surface area contributed by atoms with Crippen LogP contribution in [0.1, 0.15) is 16.7 Å². The first-order valence-electron chi connectivity index (χ1n) is 5.65. The molecule has 0 aliphatic heterocycles. The molecule has 0 radical (unpaired) electrons. The molecule has 3 rings (SSSR count). The van der Waals surface area contributed by atoms with Crippen molar-refractivity contribution >= 4 is 21.8 Å². The van der Waals surface area contributed by atoms with E-state index in [0.29, 0.717) is 0 Å². The van der Waals surface area contributed by atoms with Gasteiger partial charge in [-0.2, -0.15) is 0 Å². The average Bonchev–Trinajstić information content (AvgIpc) is 2.65. The zero-order valence-electron chi connectivity index (χ0n) is 9.89. The number of aromatic nitrogens is 1. The van der Waals surface area contributed by atoms with Gasteiger partial charge in [0, 0.05) is 21.8 Å². The van der Waals surface area contributed by atoms with Gasteiger partial charge in [0.15, 0.2) is 0 Å². The van der Waals surface area contributed by atoms with Crippen molar-refractivity contribution in [2.24, 2.45) is 0 Å². The van der Waals surface area contributed by atoms with Crippen LogP contribution >= 0.6 is 0 Å². The summed E-state index contributed by atoms with van der Waals surface area (Å²) in [7, 11) is 0. The maximum Gasteiger partial charge on any atom is 0.0497 e. The Bertz CT molecular complexity index is 689. The van der Waals surface area contributed by atoms with Gasteiger partial charge in [0.05, 0.1) is 0 Å². The van der Waals surface area contributed by atoms with Gasteiger partial charge < -0.3 is 4.98 Å². The summed E-state index contributed by atoms with van der Waals surface area (Å²) in [6.45, 7) is 6.52. The Kier molecular flexibility index (Phi) is 1.84. The third-order valence-corrected chi connectivity index (χ3v) is 3.40. The Morgan fingerprint density at radius 1 is 0.750 bits per heavy atom. The van der Waals surface area contributed by atoms with Crippen molar-refractivity contribution in [3.05, 3.63) is 47.0 Å². The zero-order chi connectivity index (χ0) is 11.3. The van der Waals surface area contributed by atoms with E-state index < -0.39 is 0 Å². The zero-order valence-corrected chi connectivity index (χ0v) is 9.89. The van der Waals surface area contributed by atoms with E-state index in [1.54, 1.807) is 0 Å². The Balaban J connectivity index is 2.68. The van der Waals surface area contributed by atoms with Gasteiger partial charge in [0.25, 0.3) is 0 Å². The fraction of sp³-hybridized carbons (Fsp3) is 0.200. The number of hydrogen-bond donors (Lipinski definition) is 1. The van der Waals surface area contributed by atoms with Crippen LogP contribution in [-0.4, -0.2) is 4.98 Å². The lowest BCUT2D eigenvalue weighted by atomic mass is 10.0. The lowest BCUT2D eigenvalue weighted by Crippen LogP contribution is -1.80. The van der Waals surface area contributed by atoms with E-state index in [-0.39, 0.29) is 0 Å². The van der Waals surface area contributed by atoms with E-state index in [9.17, 15) is 0 Å². The van der Waals surface area contributed by atoms with Gasteiger partial charge in [-0.1, -0.05) is 24.3 Å². The molecule has 1 nitrogen and oxygen atoms in total. The van der Waals surface area contributed by atoms with Crippen molar-refractivity contribution in [3.63, 3.8) is 0 Å². The Morgan fingerprint density at radius 3 is 2.25 bits per heavy atom. The quantitative estimate of drug-likeness (QED) is 0.569. The fourth-order valence-corrected chi connectivity index (χ4v) is 2.53. The van der Waals surface area contributed by atoms with Gasteiger partial charge in [-0.15, -0.1) is 0 Å². The van der Waals surface area contributed by atoms with Gasteiger partial charge in [0.2, 0.25) is 0 Å². The van der Waals surface area contributed by atoms with Gasteiger partial charge in [0.1, 0.15) is 0 Å². The first kappa shape index (κ1) is 9.46. The number of aromatic amines is 1. The van der Waals surface area contributed by atoms with Crippen molar-refractivity contribution in [2.45, 2.75) is 20.8 Å². The van der Waals surface area contributed by atoms with Gasteiger partial charge in [-0.05, 0) is 43.5 Å². The molecule has 80 valence electrons. The molecule has 1 heterocycles. The topological polar surface area (TPSA) is 15.8 Å². The molecule has 0 fully saturated rings. The van der Waals surface area contributed by atoms with Crippen LogP contribution in [0.3, 0.4) is 0 Å². The Morgan fingerprint density at radius 2 is 1.44 bits per heavy atom. The lowest BCUT2D eigenvalue weighted by molar-refractivity contribution is 1.42. The van der Waals surface area contributed by atoms with Crippen LogP contribution in [0, 0.1) is 20.8 Å². The van der Waals surface area contributed by atoms with Crippen molar-refractivity contribution in [1.29, 1.82) is 0 Å². The second-order valence-corrected chi connectivity index (χ2v) is 4.57. The number of hydrogen-bond acceptors (Lipinski definition) is 0. The van der Waals surface area contributed by atoms with Gasteiger partial charge >= 0.3 is 0 Å². The molecule has 0 aliphatic carbocycles. The van der Waals surface area contributed by atoms with E-state index >= 15 is 0 Å². The van der Waals surface area contributed by atoms with Crippen molar-refractivity contribution in [3.8, 4) is 0 Å². The molecule has 2 aromatic carbocycles. The molecular formula is C15H15N. The van der Waals surface area contributed by atoms with Crippen molar-refractivity contribution in [1.82, 2.24) is 4.98 Å². The molecule has 0 saturated carbocycles. The van der Waals surface area contributed by atoms with Gasteiger partial charge in [-0.25, -0.2) is 0 Å². The standard InChI is InChI=1S/C15H15N/c1-9-5-4-6-12-13(9)14-10(2)7-8-11(3)15(14)16-12/h4-8,16H,1-3H3. The summed E-state index contributed by atoms with van der Waals surface area (Å²) >= 11 is 0. The first-order valence-corrected chi connectivity index (χ1v) is 5.65. The predicted molar refractivity (Wildman–Crippen MR) is 70.0 cm³/mol. The molecule has 3 aromatic rings. The van der Waals surface area contributed by atoms with Crippen molar-refractivity contribution < 1.29 is 0 Å². The predicted octanol–water partition coefficient (Wildman–Crippen LogP) is 4.25. The van der Waals surface area contributed by atoms with E-state index in [1.165, 1.54) is 38.5 Å². The third-order valence-electron chi connectivity index (χ3n) is 3.40. The van der Waals surface area contributed by atoms with E-state index in [0.717, 1.165) is 0 Å². The number of aryl methyl sites for hydroxylation is 3. The summed E-state index contributed by atoms with van der Waals surface area (Å²) in [5.74, 6) is 0. The maximum atomic E-state index is 3.53. The monoisotopic (exact) mass is 209 g/mol. The molecule has 0 spiro atoms. The van der Waals surface area contributed by atoms with Gasteiger partial charge in [-0.3, -0.25) is 0 Å². The minimum atomic E-state index is 1.24. The largest absolute Gasteiger partial charge is 0.354 e. The smallest absolute Gasteiger partial charge is 0.0497 e. The van der Waals surface area contributed by atoms with Crippen LogP contribution < -0.4 is 0 Å². The summed E-state index contributed by atoms with van der Waals surface area (Å²) in [4.78, 5) is 3.53. The summed E-state index contributed by atoms with van der Waals surface area (Å²) in [5.41, 5.74) is 6.53. The van der Waals surface area contributed by atoms with Crippen LogP contribution in [-0.2, 0) is 0 Å². The second kappa shape index (κ2) is 3.11. The molecule has 1 heteroatoms. The summed E-state index contributed by atoms with van der Waals surface area (Å²) in [5, 5.41) is 2.76. The highest BCUT2D eigenvalue weighted by molar-refractivity contribution is 6.11. The summed E-state index contributed by atoms with van der Waals surface area (Å²) < 4.78 is 0. The minimum Gasteiger partial charge on any atom is -0.354 e. The number of fused-ring (bicyclic) bond motifs is 3. The van der Waals surface area contributed by atoms with Crippen LogP contribution in [0.4, 0.5) is 0 Å². The molecule has 0 amide bonds. The molecule has 0 bridgehead atoms. The van der Waals surface area contributed by atoms with Crippen LogP contribution in [0.2, 0.25) is 0 Å². The Labute approximate surface area is 95.1 Å². The second-order valence-electron chi connectivity index (χ2n) is 4.57.